The molecule has 0 saturated carbocycles. The summed E-state index contributed by atoms with van der Waals surface area (Å²) in [6.45, 7) is 0.604. The van der Waals surface area contributed by atoms with Crippen LogP contribution in [0, 0.1) is 11.6 Å². The van der Waals surface area contributed by atoms with Crippen LogP contribution < -0.4 is 0 Å². The molecule has 0 atom stereocenters. The second-order valence-corrected chi connectivity index (χ2v) is 5.08. The van der Waals surface area contributed by atoms with Crippen LogP contribution in [0.5, 0.6) is 0 Å². The lowest BCUT2D eigenvalue weighted by Crippen LogP contribution is -2.39. The summed E-state index contributed by atoms with van der Waals surface area (Å²) < 4.78 is 39.1. The molecule has 98 valence electrons. The minimum atomic E-state index is -1.08. The van der Waals surface area contributed by atoms with Gasteiger partial charge in [-0.3, -0.25) is 4.79 Å². The fourth-order valence-corrected chi connectivity index (χ4v) is 2.35. The Hall–Kier alpha value is -1.04. The topological polar surface area (TPSA) is 20.3 Å². The SMILES string of the molecule is O=C(c1cc(F)c(F)c(Br)c1)N1CCC(F)CC1. The third-order valence-corrected chi connectivity index (χ3v) is 3.52. The molecule has 1 aliphatic rings. The molecule has 1 heterocycles. The predicted octanol–water partition coefficient (Wildman–Crippen LogP) is 3.30. The molecular weight excluding hydrogens is 311 g/mol. The van der Waals surface area contributed by atoms with Crippen molar-refractivity contribution in [2.24, 2.45) is 0 Å². The average Bonchev–Trinajstić information content (AvgIpc) is 2.35. The molecule has 0 radical (unpaired) electrons. The van der Waals surface area contributed by atoms with Crippen LogP contribution in [-0.2, 0) is 0 Å². The summed E-state index contributed by atoms with van der Waals surface area (Å²) in [7, 11) is 0. The maximum atomic E-state index is 13.2. The first-order valence-corrected chi connectivity index (χ1v) is 6.36. The van der Waals surface area contributed by atoms with Gasteiger partial charge in [-0.05, 0) is 40.9 Å². The highest BCUT2D eigenvalue weighted by Gasteiger charge is 2.24. The molecule has 0 unspecified atom stereocenters. The summed E-state index contributed by atoms with van der Waals surface area (Å²) in [5, 5.41) is 0. The third-order valence-electron chi connectivity index (χ3n) is 2.94. The van der Waals surface area contributed by atoms with Crippen molar-refractivity contribution >= 4 is 21.8 Å². The first-order chi connectivity index (χ1) is 8.49. The molecule has 0 aliphatic carbocycles. The second kappa shape index (κ2) is 5.30. The summed E-state index contributed by atoms with van der Waals surface area (Å²) >= 11 is 2.85. The molecule has 1 amide bonds. The summed E-state index contributed by atoms with van der Waals surface area (Å²) in [5.41, 5.74) is 0.0677. The Labute approximate surface area is 111 Å². The summed E-state index contributed by atoms with van der Waals surface area (Å²) in [6, 6.07) is 2.10. The van der Waals surface area contributed by atoms with Gasteiger partial charge in [0.15, 0.2) is 11.6 Å². The summed E-state index contributed by atoms with van der Waals surface area (Å²) in [4.78, 5) is 13.5. The fourth-order valence-electron chi connectivity index (χ4n) is 1.91. The molecule has 0 spiro atoms. The number of carbonyl (C=O) groups is 1. The highest BCUT2D eigenvalue weighted by Crippen LogP contribution is 2.22. The van der Waals surface area contributed by atoms with E-state index in [1.54, 1.807) is 0 Å². The maximum absolute atomic E-state index is 13.2. The zero-order valence-electron chi connectivity index (χ0n) is 9.43. The van der Waals surface area contributed by atoms with Crippen LogP contribution in [-0.4, -0.2) is 30.1 Å². The van der Waals surface area contributed by atoms with Gasteiger partial charge in [-0.15, -0.1) is 0 Å². The molecule has 2 nitrogen and oxygen atoms in total. The van der Waals surface area contributed by atoms with E-state index in [0.717, 1.165) is 6.07 Å². The molecule has 2 rings (SSSR count). The van der Waals surface area contributed by atoms with Crippen molar-refractivity contribution in [2.45, 2.75) is 19.0 Å². The average molecular weight is 322 g/mol. The normalized spacial score (nSPS) is 17.0. The minimum Gasteiger partial charge on any atom is -0.338 e. The molecule has 0 bridgehead atoms. The number of halogens is 4. The van der Waals surface area contributed by atoms with Crippen molar-refractivity contribution in [1.29, 1.82) is 0 Å². The van der Waals surface area contributed by atoms with Crippen LogP contribution in [0.4, 0.5) is 13.2 Å². The fraction of sp³-hybridized carbons (Fsp3) is 0.417. The number of hydrogen-bond donors (Lipinski definition) is 0. The molecular formula is C12H11BrF3NO. The monoisotopic (exact) mass is 321 g/mol. The van der Waals surface area contributed by atoms with Gasteiger partial charge in [0.2, 0.25) is 0 Å². The van der Waals surface area contributed by atoms with E-state index in [2.05, 4.69) is 15.9 Å². The highest BCUT2D eigenvalue weighted by atomic mass is 79.9. The third kappa shape index (κ3) is 2.68. The highest BCUT2D eigenvalue weighted by molar-refractivity contribution is 9.10. The van der Waals surface area contributed by atoms with E-state index in [1.807, 2.05) is 0 Å². The lowest BCUT2D eigenvalue weighted by molar-refractivity contribution is 0.0666. The number of rotatable bonds is 1. The van der Waals surface area contributed by atoms with Crippen LogP contribution in [0.25, 0.3) is 0 Å². The van der Waals surface area contributed by atoms with Crippen molar-refractivity contribution in [3.8, 4) is 0 Å². The number of amides is 1. The first kappa shape index (κ1) is 13.4. The molecule has 6 heteroatoms. The van der Waals surface area contributed by atoms with Crippen LogP contribution in [0.2, 0.25) is 0 Å². The van der Waals surface area contributed by atoms with Crippen molar-refractivity contribution in [1.82, 2.24) is 4.90 Å². The molecule has 1 saturated heterocycles. The van der Waals surface area contributed by atoms with Crippen molar-refractivity contribution < 1.29 is 18.0 Å². The maximum Gasteiger partial charge on any atom is 0.254 e. The van der Waals surface area contributed by atoms with Gasteiger partial charge in [-0.25, -0.2) is 13.2 Å². The summed E-state index contributed by atoms with van der Waals surface area (Å²) in [5.74, 6) is -2.50. The first-order valence-electron chi connectivity index (χ1n) is 5.57. The zero-order valence-corrected chi connectivity index (χ0v) is 11.0. The largest absolute Gasteiger partial charge is 0.338 e. The van der Waals surface area contributed by atoms with Crippen molar-refractivity contribution in [2.75, 3.05) is 13.1 Å². The van der Waals surface area contributed by atoms with E-state index in [0.29, 0.717) is 13.1 Å². The van der Waals surface area contributed by atoms with Crippen LogP contribution >= 0.6 is 15.9 Å². The van der Waals surface area contributed by atoms with Gasteiger partial charge in [0, 0.05) is 18.7 Å². The Bertz CT molecular complexity index is 449. The molecule has 1 aliphatic heterocycles. The zero-order chi connectivity index (χ0) is 13.3. The van der Waals surface area contributed by atoms with Gasteiger partial charge in [0.25, 0.3) is 5.91 Å². The quantitative estimate of drug-likeness (QED) is 0.727. The van der Waals surface area contributed by atoms with E-state index in [1.165, 1.54) is 11.0 Å². The Balaban J connectivity index is 2.19. The number of hydrogen-bond acceptors (Lipinski definition) is 1. The molecule has 1 fully saturated rings. The van der Waals surface area contributed by atoms with Crippen molar-refractivity contribution in [3.63, 3.8) is 0 Å². The van der Waals surface area contributed by atoms with Gasteiger partial charge < -0.3 is 4.90 Å². The van der Waals surface area contributed by atoms with Gasteiger partial charge in [0.1, 0.15) is 6.17 Å². The molecule has 1 aromatic rings. The molecule has 0 aromatic heterocycles. The number of nitrogens with zero attached hydrogens (tertiary/aromatic N) is 1. The standard InChI is InChI=1S/C12H11BrF3NO/c13-9-5-7(6-10(15)11(9)16)12(18)17-3-1-8(14)2-4-17/h5-6,8H,1-4H2. The molecule has 0 N–H and O–H groups in total. The number of likely N-dealkylation sites (tertiary alicyclic amines) is 1. The van der Waals surface area contributed by atoms with E-state index in [-0.39, 0.29) is 22.9 Å². The van der Waals surface area contributed by atoms with E-state index >= 15 is 0 Å². The van der Waals surface area contributed by atoms with Gasteiger partial charge in [-0.1, -0.05) is 0 Å². The number of piperidine rings is 1. The van der Waals surface area contributed by atoms with Gasteiger partial charge in [0.05, 0.1) is 4.47 Å². The van der Waals surface area contributed by atoms with Gasteiger partial charge in [-0.2, -0.15) is 0 Å². The minimum absolute atomic E-state index is 0.0677. The predicted molar refractivity (Wildman–Crippen MR) is 64.1 cm³/mol. The Morgan fingerprint density at radius 1 is 1.28 bits per heavy atom. The van der Waals surface area contributed by atoms with Crippen LogP contribution in [0.1, 0.15) is 23.2 Å². The Morgan fingerprint density at radius 2 is 1.89 bits per heavy atom. The van der Waals surface area contributed by atoms with Crippen LogP contribution in [0.3, 0.4) is 0 Å². The van der Waals surface area contributed by atoms with E-state index in [9.17, 15) is 18.0 Å². The molecule has 18 heavy (non-hydrogen) atoms. The summed E-state index contributed by atoms with van der Waals surface area (Å²) in [6.07, 6.45) is -0.307. The van der Waals surface area contributed by atoms with Crippen molar-refractivity contribution in [3.05, 3.63) is 33.8 Å². The smallest absolute Gasteiger partial charge is 0.254 e. The lowest BCUT2D eigenvalue weighted by Gasteiger charge is -2.28. The number of benzene rings is 1. The second-order valence-electron chi connectivity index (χ2n) is 4.22. The Kier molecular flexibility index (Phi) is 3.94. The van der Waals surface area contributed by atoms with Crippen LogP contribution in [0.15, 0.2) is 16.6 Å². The van der Waals surface area contributed by atoms with Gasteiger partial charge >= 0.3 is 0 Å². The van der Waals surface area contributed by atoms with E-state index < -0.39 is 23.7 Å². The number of alkyl halides is 1. The Morgan fingerprint density at radius 3 is 2.44 bits per heavy atom. The molecule has 1 aromatic carbocycles. The lowest BCUT2D eigenvalue weighted by atomic mass is 10.1. The van der Waals surface area contributed by atoms with E-state index in [4.69, 9.17) is 0 Å². The number of carbonyl (C=O) groups excluding carboxylic acids is 1.